The van der Waals surface area contributed by atoms with Crippen molar-refractivity contribution < 1.29 is 37.4 Å². The van der Waals surface area contributed by atoms with Gasteiger partial charge in [-0.2, -0.15) is 18.4 Å². The molecule has 0 atom stereocenters. The molecule has 2 aromatic rings. The van der Waals surface area contributed by atoms with E-state index in [1.165, 1.54) is 38.1 Å². The Hall–Kier alpha value is -3.82. The number of unbranched alkanes of at least 4 members (excludes halogenated alkanes) is 1. The number of amides is 4. The molecule has 1 aliphatic heterocycles. The molecule has 0 aliphatic carbocycles. The molecule has 1 heterocycles. The second-order valence-corrected chi connectivity index (χ2v) is 8.92. The second kappa shape index (κ2) is 10.7. The lowest BCUT2D eigenvalue weighted by atomic mass is 10.0. The Kier molecular flexibility index (Phi) is 8.00. The average Bonchev–Trinajstić information content (AvgIpc) is 3.01. The highest BCUT2D eigenvalue weighted by Crippen LogP contribution is 2.40. The summed E-state index contributed by atoms with van der Waals surface area (Å²) in [6.07, 6.45) is -4.83. The van der Waals surface area contributed by atoms with E-state index >= 15 is 0 Å². The molecule has 9 nitrogen and oxygen atoms in total. The van der Waals surface area contributed by atoms with Crippen molar-refractivity contribution in [3.63, 3.8) is 0 Å². The van der Waals surface area contributed by atoms with Crippen LogP contribution in [0.5, 0.6) is 0 Å². The number of aliphatic hydroxyl groups excluding tert-OH is 1. The molecule has 1 aliphatic rings. The zero-order chi connectivity index (χ0) is 27.5. The van der Waals surface area contributed by atoms with Gasteiger partial charge in [0.1, 0.15) is 5.54 Å². The Labute approximate surface area is 215 Å². The molecule has 0 spiro atoms. The maximum absolute atomic E-state index is 13.5. The summed E-state index contributed by atoms with van der Waals surface area (Å²) < 4.78 is 45.4. The van der Waals surface area contributed by atoms with Crippen LogP contribution in [-0.2, 0) is 15.7 Å². The first-order valence-corrected chi connectivity index (χ1v) is 11.3. The molecular formula is C24H22ClF3N4O5. The van der Waals surface area contributed by atoms with Crippen molar-refractivity contribution in [3.05, 3.63) is 52.5 Å². The van der Waals surface area contributed by atoms with E-state index in [2.05, 4.69) is 5.32 Å². The first-order chi connectivity index (χ1) is 17.3. The number of anilines is 3. The molecule has 2 aromatic carbocycles. The zero-order valence-electron chi connectivity index (χ0n) is 19.7. The number of benzene rings is 2. The number of carbonyl (C=O) groups excluding carboxylic acids is 3. The molecule has 196 valence electrons. The van der Waals surface area contributed by atoms with Gasteiger partial charge in [0.05, 0.1) is 40.2 Å². The van der Waals surface area contributed by atoms with Crippen LogP contribution in [0, 0.1) is 11.3 Å². The third-order valence-corrected chi connectivity index (χ3v) is 5.92. The number of imide groups is 1. The van der Waals surface area contributed by atoms with Gasteiger partial charge >= 0.3 is 18.3 Å². The molecule has 3 rings (SSSR count). The third-order valence-electron chi connectivity index (χ3n) is 5.59. The van der Waals surface area contributed by atoms with Crippen LogP contribution in [0.2, 0.25) is 5.02 Å². The quantitative estimate of drug-likeness (QED) is 0.364. The number of urea groups is 1. The number of hydrogen-bond acceptors (Lipinski definition) is 6. The van der Waals surface area contributed by atoms with Crippen molar-refractivity contribution in [2.45, 2.75) is 38.4 Å². The molecule has 0 saturated carbocycles. The number of alkyl halides is 3. The van der Waals surface area contributed by atoms with Crippen LogP contribution < -0.4 is 15.1 Å². The normalized spacial score (nSPS) is 15.1. The predicted molar refractivity (Wildman–Crippen MR) is 128 cm³/mol. The van der Waals surface area contributed by atoms with Gasteiger partial charge in [-0.15, -0.1) is 0 Å². The smallest absolute Gasteiger partial charge is 0.417 e. The average molecular weight is 539 g/mol. The van der Waals surface area contributed by atoms with E-state index in [0.717, 1.165) is 17.0 Å². The number of carbonyl (C=O) groups is 3. The van der Waals surface area contributed by atoms with Crippen LogP contribution in [-0.4, -0.2) is 41.9 Å². The van der Waals surface area contributed by atoms with Crippen molar-refractivity contribution in [1.29, 1.82) is 5.26 Å². The number of hydrogen-bond donors (Lipinski definition) is 2. The first kappa shape index (κ1) is 27.8. The molecular weight excluding hydrogens is 517 g/mol. The SMILES string of the molecule is CC1(C)C(=O)N(c2ccc(C#N)c(C(F)(F)F)c2)C(=O)N1c1ccc(Cl)c(NC(=O)OCCCCO)c1. The van der Waals surface area contributed by atoms with Crippen molar-refractivity contribution >= 4 is 46.7 Å². The Morgan fingerprint density at radius 3 is 2.46 bits per heavy atom. The summed E-state index contributed by atoms with van der Waals surface area (Å²) in [6.45, 7) is 2.83. The zero-order valence-corrected chi connectivity index (χ0v) is 20.5. The van der Waals surface area contributed by atoms with E-state index in [1.54, 1.807) is 0 Å². The van der Waals surface area contributed by atoms with E-state index in [4.69, 9.17) is 26.7 Å². The first-order valence-electron chi connectivity index (χ1n) is 11.0. The van der Waals surface area contributed by atoms with Gasteiger partial charge in [0.2, 0.25) is 0 Å². The van der Waals surface area contributed by atoms with Gasteiger partial charge in [0.25, 0.3) is 5.91 Å². The van der Waals surface area contributed by atoms with Gasteiger partial charge in [-0.05, 0) is 63.1 Å². The number of rotatable bonds is 7. The molecule has 1 fully saturated rings. The fourth-order valence-corrected chi connectivity index (χ4v) is 3.90. The maximum atomic E-state index is 13.5. The Morgan fingerprint density at radius 1 is 1.16 bits per heavy atom. The molecule has 0 unspecified atom stereocenters. The number of aliphatic hydroxyl groups is 1. The number of nitriles is 1. The lowest BCUT2D eigenvalue weighted by Gasteiger charge is -2.28. The van der Waals surface area contributed by atoms with E-state index in [9.17, 15) is 27.6 Å². The monoisotopic (exact) mass is 538 g/mol. The summed E-state index contributed by atoms with van der Waals surface area (Å²) in [7, 11) is 0. The van der Waals surface area contributed by atoms with E-state index < -0.39 is 40.9 Å². The van der Waals surface area contributed by atoms with Gasteiger partial charge in [-0.1, -0.05) is 11.6 Å². The Bertz CT molecular complexity index is 1280. The van der Waals surface area contributed by atoms with Gasteiger partial charge in [-0.25, -0.2) is 14.5 Å². The molecule has 0 aromatic heterocycles. The van der Waals surface area contributed by atoms with E-state index in [-0.39, 0.29) is 35.3 Å². The van der Waals surface area contributed by atoms with Crippen LogP contribution in [0.25, 0.3) is 0 Å². The van der Waals surface area contributed by atoms with Crippen LogP contribution in [0.15, 0.2) is 36.4 Å². The van der Waals surface area contributed by atoms with Crippen LogP contribution in [0.1, 0.15) is 37.8 Å². The predicted octanol–water partition coefficient (Wildman–Crippen LogP) is 5.30. The summed E-state index contributed by atoms with van der Waals surface area (Å²) in [4.78, 5) is 40.4. The van der Waals surface area contributed by atoms with Crippen LogP contribution >= 0.6 is 11.6 Å². The number of halogens is 4. The fraction of sp³-hybridized carbons (Fsp3) is 0.333. The van der Waals surface area contributed by atoms with E-state index in [0.29, 0.717) is 23.8 Å². The van der Waals surface area contributed by atoms with Crippen molar-refractivity contribution in [2.24, 2.45) is 0 Å². The minimum Gasteiger partial charge on any atom is -0.449 e. The van der Waals surface area contributed by atoms with Crippen molar-refractivity contribution in [2.75, 3.05) is 28.3 Å². The number of nitrogens with zero attached hydrogens (tertiary/aromatic N) is 3. The number of ether oxygens (including phenoxy) is 1. The second-order valence-electron chi connectivity index (χ2n) is 8.51. The lowest BCUT2D eigenvalue weighted by molar-refractivity contribution is -0.137. The highest BCUT2D eigenvalue weighted by Gasteiger charge is 2.53. The summed E-state index contributed by atoms with van der Waals surface area (Å²) in [5.74, 6) is -0.803. The molecule has 13 heteroatoms. The third kappa shape index (κ3) is 5.63. The molecule has 4 amide bonds. The lowest BCUT2D eigenvalue weighted by Crippen LogP contribution is -2.44. The van der Waals surface area contributed by atoms with Gasteiger partial charge in [0.15, 0.2) is 0 Å². The van der Waals surface area contributed by atoms with E-state index in [1.807, 2.05) is 0 Å². The van der Waals surface area contributed by atoms with Gasteiger partial charge in [0, 0.05) is 12.3 Å². The fourth-order valence-electron chi connectivity index (χ4n) is 3.73. The van der Waals surface area contributed by atoms with Gasteiger partial charge in [-0.3, -0.25) is 15.0 Å². The maximum Gasteiger partial charge on any atom is 0.417 e. The highest BCUT2D eigenvalue weighted by atomic mass is 35.5. The van der Waals surface area contributed by atoms with Crippen molar-refractivity contribution in [1.82, 2.24) is 0 Å². The minimum absolute atomic E-state index is 0.0474. The van der Waals surface area contributed by atoms with Crippen LogP contribution in [0.4, 0.5) is 39.8 Å². The van der Waals surface area contributed by atoms with Crippen LogP contribution in [0.3, 0.4) is 0 Å². The largest absolute Gasteiger partial charge is 0.449 e. The summed E-state index contributed by atoms with van der Waals surface area (Å²) in [5, 5.41) is 20.4. The molecule has 2 N–H and O–H groups in total. The molecule has 1 saturated heterocycles. The van der Waals surface area contributed by atoms with Crippen molar-refractivity contribution in [3.8, 4) is 6.07 Å². The summed E-state index contributed by atoms with van der Waals surface area (Å²) in [6, 6.07) is 7.19. The molecule has 0 bridgehead atoms. The Balaban J connectivity index is 1.94. The van der Waals surface area contributed by atoms with Gasteiger partial charge < -0.3 is 9.84 Å². The topological polar surface area (TPSA) is 123 Å². The number of nitrogens with one attached hydrogen (secondary N) is 1. The summed E-state index contributed by atoms with van der Waals surface area (Å²) >= 11 is 6.16. The molecule has 0 radical (unpaired) electrons. The standard InChI is InChI=1S/C24H22ClF3N4O5/c1-23(2)20(34)31(15-6-5-14(13-29)17(11-15)24(26,27)28)22(36)32(23)16-7-8-18(25)19(12-16)30-21(35)37-10-4-3-9-33/h5-8,11-12,33H,3-4,9-10H2,1-2H3,(H,30,35). The molecule has 37 heavy (non-hydrogen) atoms. The minimum atomic E-state index is -4.88. The summed E-state index contributed by atoms with van der Waals surface area (Å²) in [5.41, 5.74) is -3.60. The highest BCUT2D eigenvalue weighted by molar-refractivity contribution is 6.34. The Morgan fingerprint density at radius 2 is 1.84 bits per heavy atom.